The summed E-state index contributed by atoms with van der Waals surface area (Å²) in [6.07, 6.45) is 3.46. The number of amides is 1. The Bertz CT molecular complexity index is 856. The smallest absolute Gasteiger partial charge is 0.246 e. The zero-order chi connectivity index (χ0) is 21.3. The highest BCUT2D eigenvalue weighted by Gasteiger charge is 2.19. The van der Waals surface area contributed by atoms with Gasteiger partial charge in [0.05, 0.1) is 20.8 Å². The predicted molar refractivity (Wildman–Crippen MR) is 118 cm³/mol. The average molecular weight is 411 g/mol. The van der Waals surface area contributed by atoms with Crippen molar-refractivity contribution in [1.82, 2.24) is 9.80 Å². The minimum atomic E-state index is 0.0351. The van der Waals surface area contributed by atoms with E-state index in [-0.39, 0.29) is 5.91 Å². The van der Waals surface area contributed by atoms with Crippen LogP contribution in [0.2, 0.25) is 0 Å². The SMILES string of the molecule is CCOc1cc(/C=C/C(=O)N2CCN(Cc3ccc(OC)cc3)CC2)ccc1OC. The van der Waals surface area contributed by atoms with Gasteiger partial charge in [-0.25, -0.2) is 0 Å². The van der Waals surface area contributed by atoms with Crippen LogP contribution in [0.1, 0.15) is 18.1 Å². The fraction of sp³-hybridized carbons (Fsp3) is 0.375. The van der Waals surface area contributed by atoms with E-state index in [9.17, 15) is 4.79 Å². The second-order valence-electron chi connectivity index (χ2n) is 7.13. The molecule has 0 saturated carbocycles. The fourth-order valence-electron chi connectivity index (χ4n) is 3.45. The van der Waals surface area contributed by atoms with Gasteiger partial charge in [0.1, 0.15) is 5.75 Å². The standard InChI is InChI=1S/C24H30N2O4/c1-4-30-23-17-19(7-11-22(23)29-3)8-12-24(27)26-15-13-25(14-16-26)18-20-5-9-21(28-2)10-6-20/h5-12,17H,4,13-16,18H2,1-3H3/b12-8+. The lowest BCUT2D eigenvalue weighted by Crippen LogP contribution is -2.47. The minimum absolute atomic E-state index is 0.0351. The van der Waals surface area contributed by atoms with Crippen LogP contribution < -0.4 is 14.2 Å². The van der Waals surface area contributed by atoms with E-state index in [1.54, 1.807) is 20.3 Å². The van der Waals surface area contributed by atoms with Crippen molar-refractivity contribution in [3.05, 3.63) is 59.7 Å². The summed E-state index contributed by atoms with van der Waals surface area (Å²) in [4.78, 5) is 16.9. The molecule has 1 saturated heterocycles. The summed E-state index contributed by atoms with van der Waals surface area (Å²) < 4.78 is 16.1. The number of benzene rings is 2. The number of hydrogen-bond acceptors (Lipinski definition) is 5. The monoisotopic (exact) mass is 410 g/mol. The van der Waals surface area contributed by atoms with E-state index in [2.05, 4.69) is 17.0 Å². The molecule has 1 aliphatic rings. The highest BCUT2D eigenvalue weighted by molar-refractivity contribution is 5.92. The van der Waals surface area contributed by atoms with E-state index in [0.717, 1.165) is 44.0 Å². The van der Waals surface area contributed by atoms with Crippen LogP contribution in [0.3, 0.4) is 0 Å². The molecule has 0 spiro atoms. The Morgan fingerprint density at radius 3 is 2.33 bits per heavy atom. The molecular formula is C24H30N2O4. The van der Waals surface area contributed by atoms with Crippen molar-refractivity contribution in [2.24, 2.45) is 0 Å². The number of carbonyl (C=O) groups is 1. The molecule has 1 aliphatic heterocycles. The van der Waals surface area contributed by atoms with Crippen molar-refractivity contribution in [2.45, 2.75) is 13.5 Å². The molecule has 0 bridgehead atoms. The molecule has 0 aliphatic carbocycles. The third-order valence-electron chi connectivity index (χ3n) is 5.16. The van der Waals surface area contributed by atoms with Crippen molar-refractivity contribution in [1.29, 1.82) is 0 Å². The number of piperazine rings is 1. The Kier molecular flexibility index (Phi) is 7.74. The van der Waals surface area contributed by atoms with E-state index in [1.165, 1.54) is 5.56 Å². The van der Waals surface area contributed by atoms with Gasteiger partial charge in [0.25, 0.3) is 0 Å². The second-order valence-corrected chi connectivity index (χ2v) is 7.13. The summed E-state index contributed by atoms with van der Waals surface area (Å²) in [6, 6.07) is 13.8. The maximum absolute atomic E-state index is 12.6. The number of carbonyl (C=O) groups excluding carboxylic acids is 1. The van der Waals surface area contributed by atoms with Gasteiger partial charge in [0, 0.05) is 38.8 Å². The molecule has 3 rings (SSSR count). The Morgan fingerprint density at radius 2 is 1.70 bits per heavy atom. The molecule has 1 amide bonds. The number of hydrogen-bond donors (Lipinski definition) is 0. The largest absolute Gasteiger partial charge is 0.497 e. The lowest BCUT2D eigenvalue weighted by Gasteiger charge is -2.34. The lowest BCUT2D eigenvalue weighted by atomic mass is 10.1. The van der Waals surface area contributed by atoms with Crippen LogP contribution >= 0.6 is 0 Å². The highest BCUT2D eigenvalue weighted by atomic mass is 16.5. The summed E-state index contributed by atoms with van der Waals surface area (Å²) in [7, 11) is 3.29. The summed E-state index contributed by atoms with van der Waals surface area (Å²) in [5.74, 6) is 2.27. The Morgan fingerprint density at radius 1 is 0.967 bits per heavy atom. The Labute approximate surface area is 178 Å². The number of methoxy groups -OCH3 is 2. The van der Waals surface area contributed by atoms with Gasteiger partial charge >= 0.3 is 0 Å². The quantitative estimate of drug-likeness (QED) is 0.624. The van der Waals surface area contributed by atoms with Crippen molar-refractivity contribution >= 4 is 12.0 Å². The van der Waals surface area contributed by atoms with E-state index in [4.69, 9.17) is 14.2 Å². The van der Waals surface area contributed by atoms with Gasteiger partial charge in [-0.1, -0.05) is 18.2 Å². The average Bonchev–Trinajstić information content (AvgIpc) is 2.79. The van der Waals surface area contributed by atoms with Crippen molar-refractivity contribution in [2.75, 3.05) is 47.0 Å². The first-order chi connectivity index (χ1) is 14.6. The molecule has 6 heteroatoms. The van der Waals surface area contributed by atoms with E-state index in [0.29, 0.717) is 18.1 Å². The Hall–Kier alpha value is -2.99. The van der Waals surface area contributed by atoms with Crippen LogP contribution in [0, 0.1) is 0 Å². The normalized spacial score (nSPS) is 14.7. The maximum Gasteiger partial charge on any atom is 0.246 e. The molecule has 30 heavy (non-hydrogen) atoms. The third-order valence-corrected chi connectivity index (χ3v) is 5.16. The van der Waals surface area contributed by atoms with Gasteiger partial charge in [0.15, 0.2) is 11.5 Å². The van der Waals surface area contributed by atoms with Crippen molar-refractivity contribution < 1.29 is 19.0 Å². The van der Waals surface area contributed by atoms with Crippen molar-refractivity contribution in [3.8, 4) is 17.2 Å². The summed E-state index contributed by atoms with van der Waals surface area (Å²) in [5.41, 5.74) is 2.16. The molecular weight excluding hydrogens is 380 g/mol. The number of nitrogens with zero attached hydrogens (tertiary/aromatic N) is 2. The second kappa shape index (κ2) is 10.7. The molecule has 0 atom stereocenters. The molecule has 2 aromatic rings. The lowest BCUT2D eigenvalue weighted by molar-refractivity contribution is -0.127. The zero-order valence-corrected chi connectivity index (χ0v) is 18.0. The van der Waals surface area contributed by atoms with Crippen LogP contribution in [-0.4, -0.2) is 62.7 Å². The van der Waals surface area contributed by atoms with Crippen LogP contribution in [0.5, 0.6) is 17.2 Å². The fourth-order valence-corrected chi connectivity index (χ4v) is 3.45. The molecule has 0 aromatic heterocycles. The molecule has 2 aromatic carbocycles. The minimum Gasteiger partial charge on any atom is -0.497 e. The topological polar surface area (TPSA) is 51.2 Å². The Balaban J connectivity index is 1.51. The van der Waals surface area contributed by atoms with E-state index >= 15 is 0 Å². The van der Waals surface area contributed by atoms with Gasteiger partial charge in [-0.3, -0.25) is 9.69 Å². The van der Waals surface area contributed by atoms with Crippen LogP contribution in [0.4, 0.5) is 0 Å². The van der Waals surface area contributed by atoms with Crippen molar-refractivity contribution in [3.63, 3.8) is 0 Å². The van der Waals surface area contributed by atoms with Gasteiger partial charge < -0.3 is 19.1 Å². The summed E-state index contributed by atoms with van der Waals surface area (Å²) in [5, 5.41) is 0. The predicted octanol–water partition coefficient (Wildman–Crippen LogP) is 3.46. The summed E-state index contributed by atoms with van der Waals surface area (Å²) in [6.45, 7) is 6.56. The molecule has 0 N–H and O–H groups in total. The van der Waals surface area contributed by atoms with Gasteiger partial charge in [-0.15, -0.1) is 0 Å². The molecule has 1 heterocycles. The van der Waals surface area contributed by atoms with Gasteiger partial charge in [-0.2, -0.15) is 0 Å². The molecule has 160 valence electrons. The highest BCUT2D eigenvalue weighted by Crippen LogP contribution is 2.28. The zero-order valence-electron chi connectivity index (χ0n) is 18.0. The molecule has 0 unspecified atom stereocenters. The third kappa shape index (κ3) is 5.76. The number of ether oxygens (including phenoxy) is 3. The summed E-state index contributed by atoms with van der Waals surface area (Å²) >= 11 is 0. The molecule has 1 fully saturated rings. The van der Waals surface area contributed by atoms with Gasteiger partial charge in [-0.05, 0) is 48.4 Å². The number of rotatable bonds is 8. The van der Waals surface area contributed by atoms with Crippen LogP contribution in [-0.2, 0) is 11.3 Å². The maximum atomic E-state index is 12.6. The first-order valence-electron chi connectivity index (χ1n) is 10.3. The van der Waals surface area contributed by atoms with E-state index in [1.807, 2.05) is 48.2 Å². The van der Waals surface area contributed by atoms with Crippen LogP contribution in [0.15, 0.2) is 48.5 Å². The van der Waals surface area contributed by atoms with Crippen LogP contribution in [0.25, 0.3) is 6.08 Å². The molecule has 0 radical (unpaired) electrons. The first kappa shape index (κ1) is 21.7. The van der Waals surface area contributed by atoms with E-state index < -0.39 is 0 Å². The first-order valence-corrected chi connectivity index (χ1v) is 10.3. The molecule has 6 nitrogen and oxygen atoms in total. The van der Waals surface area contributed by atoms with Gasteiger partial charge in [0.2, 0.25) is 5.91 Å².